The van der Waals surface area contributed by atoms with Crippen molar-refractivity contribution in [3.63, 3.8) is 0 Å². The van der Waals surface area contributed by atoms with E-state index in [-0.39, 0.29) is 5.91 Å². The van der Waals surface area contributed by atoms with E-state index in [1.807, 2.05) is 16.7 Å². The summed E-state index contributed by atoms with van der Waals surface area (Å²) in [6, 6.07) is 8.80. The van der Waals surface area contributed by atoms with E-state index < -0.39 is 0 Å². The maximum Gasteiger partial charge on any atom is 0.234 e. The Balaban J connectivity index is 1.32. The third-order valence-corrected chi connectivity index (χ3v) is 4.69. The number of aromatic nitrogens is 3. The van der Waals surface area contributed by atoms with Gasteiger partial charge in [-0.15, -0.1) is 0 Å². The molecule has 23 heavy (non-hydrogen) atoms. The van der Waals surface area contributed by atoms with Crippen LogP contribution in [0, 0.1) is 4.77 Å². The molecular formula is C16H19N5OS. The SMILES string of the molecule is O=C(CN1Cc2ccccc2C1)NCc1n[nH]c(=S)n1C1CC1. The van der Waals surface area contributed by atoms with Crippen LogP contribution in [-0.2, 0) is 24.4 Å². The minimum Gasteiger partial charge on any atom is -0.348 e. The lowest BCUT2D eigenvalue weighted by Crippen LogP contribution is -2.34. The Kier molecular flexibility index (Phi) is 3.74. The largest absolute Gasteiger partial charge is 0.348 e. The molecule has 1 aliphatic carbocycles. The van der Waals surface area contributed by atoms with E-state index in [2.05, 4.69) is 32.5 Å². The van der Waals surface area contributed by atoms with Crippen LogP contribution in [0.5, 0.6) is 0 Å². The molecule has 2 N–H and O–H groups in total. The molecule has 7 heteroatoms. The van der Waals surface area contributed by atoms with Crippen LogP contribution in [0.3, 0.4) is 0 Å². The Morgan fingerprint density at radius 3 is 2.65 bits per heavy atom. The first kappa shape index (κ1) is 14.6. The van der Waals surface area contributed by atoms with Gasteiger partial charge in [0.25, 0.3) is 0 Å². The van der Waals surface area contributed by atoms with Gasteiger partial charge in [0.1, 0.15) is 0 Å². The zero-order chi connectivity index (χ0) is 15.8. The quantitative estimate of drug-likeness (QED) is 0.823. The zero-order valence-electron chi connectivity index (χ0n) is 12.8. The number of carbonyl (C=O) groups excluding carboxylic acids is 1. The number of benzene rings is 1. The molecule has 0 atom stereocenters. The number of amides is 1. The van der Waals surface area contributed by atoms with Gasteiger partial charge in [0, 0.05) is 19.1 Å². The molecule has 0 bridgehead atoms. The number of hydrogen-bond donors (Lipinski definition) is 2. The number of nitrogens with one attached hydrogen (secondary N) is 2. The molecule has 0 spiro atoms. The smallest absolute Gasteiger partial charge is 0.234 e. The van der Waals surface area contributed by atoms with Crippen molar-refractivity contribution in [1.82, 2.24) is 25.0 Å². The third-order valence-electron chi connectivity index (χ3n) is 4.41. The average Bonchev–Trinajstić information content (AvgIpc) is 3.18. The highest BCUT2D eigenvalue weighted by atomic mass is 32.1. The van der Waals surface area contributed by atoms with E-state index in [1.165, 1.54) is 11.1 Å². The normalized spacial score (nSPS) is 17.2. The minimum absolute atomic E-state index is 0.0223. The second-order valence-corrected chi connectivity index (χ2v) is 6.62. The molecule has 6 nitrogen and oxygen atoms in total. The van der Waals surface area contributed by atoms with E-state index >= 15 is 0 Å². The van der Waals surface area contributed by atoms with E-state index in [4.69, 9.17) is 12.2 Å². The molecule has 2 aliphatic rings. The summed E-state index contributed by atoms with van der Waals surface area (Å²) < 4.78 is 2.67. The predicted octanol–water partition coefficient (Wildman–Crippen LogP) is 1.91. The molecule has 1 aliphatic heterocycles. The van der Waals surface area contributed by atoms with Crippen molar-refractivity contribution in [2.45, 2.75) is 38.5 Å². The molecule has 1 aromatic carbocycles. The standard InChI is InChI=1S/C16H19N5OS/c22-15(10-20-8-11-3-1-2-4-12(11)9-20)17-7-14-18-19-16(23)21(14)13-5-6-13/h1-4,13H,5-10H2,(H,17,22)(H,19,23). The van der Waals surface area contributed by atoms with Crippen LogP contribution in [0.15, 0.2) is 24.3 Å². The Labute approximate surface area is 139 Å². The van der Waals surface area contributed by atoms with Gasteiger partial charge in [-0.05, 0) is 36.2 Å². The Morgan fingerprint density at radius 1 is 1.30 bits per heavy atom. The molecule has 1 saturated carbocycles. The van der Waals surface area contributed by atoms with Crippen LogP contribution >= 0.6 is 12.2 Å². The molecule has 1 fully saturated rings. The number of carbonyl (C=O) groups is 1. The average molecular weight is 329 g/mol. The summed E-state index contributed by atoms with van der Waals surface area (Å²) in [4.78, 5) is 14.4. The molecular weight excluding hydrogens is 310 g/mol. The third kappa shape index (κ3) is 3.07. The molecule has 0 unspecified atom stereocenters. The van der Waals surface area contributed by atoms with Crippen molar-refractivity contribution in [1.29, 1.82) is 0 Å². The van der Waals surface area contributed by atoms with Crippen molar-refractivity contribution < 1.29 is 4.79 Å². The maximum absolute atomic E-state index is 12.2. The van der Waals surface area contributed by atoms with Crippen LogP contribution < -0.4 is 5.32 Å². The van der Waals surface area contributed by atoms with Crippen molar-refractivity contribution in [2.75, 3.05) is 6.54 Å². The highest BCUT2D eigenvalue weighted by Crippen LogP contribution is 2.35. The number of aromatic amines is 1. The highest BCUT2D eigenvalue weighted by molar-refractivity contribution is 7.71. The number of nitrogens with zero attached hydrogens (tertiary/aromatic N) is 3. The second kappa shape index (κ2) is 5.90. The van der Waals surface area contributed by atoms with Gasteiger partial charge in [-0.2, -0.15) is 5.10 Å². The van der Waals surface area contributed by atoms with Gasteiger partial charge in [0.2, 0.25) is 5.91 Å². The van der Waals surface area contributed by atoms with Crippen molar-refractivity contribution >= 4 is 18.1 Å². The molecule has 0 radical (unpaired) electrons. The first-order valence-corrected chi connectivity index (χ1v) is 8.33. The molecule has 2 aromatic rings. The maximum atomic E-state index is 12.2. The van der Waals surface area contributed by atoms with Crippen molar-refractivity contribution in [3.05, 3.63) is 46.0 Å². The molecule has 1 amide bonds. The Hall–Kier alpha value is -1.99. The summed E-state index contributed by atoms with van der Waals surface area (Å²) in [5.74, 6) is 0.838. The van der Waals surface area contributed by atoms with Gasteiger partial charge in [-0.1, -0.05) is 24.3 Å². The molecule has 4 rings (SSSR count). The lowest BCUT2D eigenvalue weighted by atomic mass is 10.1. The fourth-order valence-electron chi connectivity index (χ4n) is 3.12. The summed E-state index contributed by atoms with van der Waals surface area (Å²) in [6.07, 6.45) is 2.28. The number of H-pyrrole nitrogens is 1. The van der Waals surface area contributed by atoms with Gasteiger partial charge in [0.15, 0.2) is 10.6 Å². The van der Waals surface area contributed by atoms with Gasteiger partial charge in [-0.3, -0.25) is 19.4 Å². The fourth-order valence-corrected chi connectivity index (χ4v) is 3.42. The number of hydrogen-bond acceptors (Lipinski definition) is 4. The van der Waals surface area contributed by atoms with Gasteiger partial charge < -0.3 is 5.32 Å². The highest BCUT2D eigenvalue weighted by Gasteiger charge is 2.27. The molecule has 1 aromatic heterocycles. The second-order valence-electron chi connectivity index (χ2n) is 6.24. The van der Waals surface area contributed by atoms with Gasteiger partial charge in [-0.25, -0.2) is 0 Å². The lowest BCUT2D eigenvalue weighted by molar-refractivity contribution is -0.122. The number of rotatable bonds is 5. The predicted molar refractivity (Wildman–Crippen MR) is 88.1 cm³/mol. The lowest BCUT2D eigenvalue weighted by Gasteiger charge is -2.14. The summed E-state index contributed by atoms with van der Waals surface area (Å²) in [6.45, 7) is 2.50. The fraction of sp³-hybridized carbons (Fsp3) is 0.438. The minimum atomic E-state index is 0.0223. The summed E-state index contributed by atoms with van der Waals surface area (Å²) in [5.41, 5.74) is 2.63. The van der Waals surface area contributed by atoms with Gasteiger partial charge in [0.05, 0.1) is 13.1 Å². The van der Waals surface area contributed by atoms with Crippen molar-refractivity contribution in [2.24, 2.45) is 0 Å². The van der Waals surface area contributed by atoms with E-state index in [9.17, 15) is 4.79 Å². The zero-order valence-corrected chi connectivity index (χ0v) is 13.6. The topological polar surface area (TPSA) is 66.0 Å². The van der Waals surface area contributed by atoms with Gasteiger partial charge >= 0.3 is 0 Å². The molecule has 120 valence electrons. The monoisotopic (exact) mass is 329 g/mol. The summed E-state index contributed by atoms with van der Waals surface area (Å²) >= 11 is 5.25. The number of fused-ring (bicyclic) bond motifs is 1. The van der Waals surface area contributed by atoms with Crippen LogP contribution in [0.1, 0.15) is 35.8 Å². The Bertz CT molecular complexity index is 767. The first-order chi connectivity index (χ1) is 11.2. The molecule has 0 saturated heterocycles. The molecule has 2 heterocycles. The first-order valence-electron chi connectivity index (χ1n) is 7.92. The van der Waals surface area contributed by atoms with Crippen LogP contribution in [-0.4, -0.2) is 32.1 Å². The van der Waals surface area contributed by atoms with Crippen LogP contribution in [0.2, 0.25) is 0 Å². The van der Waals surface area contributed by atoms with Crippen molar-refractivity contribution in [3.8, 4) is 0 Å². The summed E-state index contributed by atoms with van der Waals surface area (Å²) in [7, 11) is 0. The van der Waals surface area contributed by atoms with E-state index in [1.54, 1.807) is 0 Å². The Morgan fingerprint density at radius 2 is 2.00 bits per heavy atom. The van der Waals surface area contributed by atoms with Crippen LogP contribution in [0.25, 0.3) is 0 Å². The van der Waals surface area contributed by atoms with E-state index in [0.717, 1.165) is 31.8 Å². The summed E-state index contributed by atoms with van der Waals surface area (Å²) in [5, 5.41) is 10.0. The van der Waals surface area contributed by atoms with E-state index in [0.29, 0.717) is 23.9 Å². The van der Waals surface area contributed by atoms with Crippen LogP contribution in [0.4, 0.5) is 0 Å².